The second-order valence-corrected chi connectivity index (χ2v) is 4.98. The molecule has 1 heterocycles. The van der Waals surface area contributed by atoms with Gasteiger partial charge in [-0.15, -0.1) is 11.8 Å². The Kier molecular flexibility index (Phi) is 4.53. The maximum absolute atomic E-state index is 12.4. The zero-order valence-corrected chi connectivity index (χ0v) is 11.1. The van der Waals surface area contributed by atoms with Crippen LogP contribution in [-0.4, -0.2) is 16.5 Å². The highest BCUT2D eigenvalue weighted by Crippen LogP contribution is 2.22. The monoisotopic (exact) mass is 257 g/mol. The molecule has 0 aliphatic heterocycles. The number of thioether (sulfide) groups is 1. The lowest BCUT2D eigenvalue weighted by molar-refractivity contribution is 0.103. The summed E-state index contributed by atoms with van der Waals surface area (Å²) in [5, 5.41) is 0.827. The van der Waals surface area contributed by atoms with Crippen LogP contribution in [0.5, 0.6) is 0 Å². The minimum Gasteiger partial charge on any atom is -0.289 e. The fraction of sp³-hybridized carbons (Fsp3) is 0.200. The molecule has 0 atom stereocenters. The standard InChI is InChI=1S/C15H15NOS/c1-2-11-18-15-13(9-6-10-16-15)14(17)12-7-4-3-5-8-12/h3-10H,2,11H2,1H3. The van der Waals surface area contributed by atoms with Gasteiger partial charge in [0, 0.05) is 11.8 Å². The topological polar surface area (TPSA) is 30.0 Å². The average Bonchev–Trinajstić information content (AvgIpc) is 2.45. The van der Waals surface area contributed by atoms with Crippen molar-refractivity contribution in [1.29, 1.82) is 0 Å². The van der Waals surface area contributed by atoms with E-state index < -0.39 is 0 Å². The van der Waals surface area contributed by atoms with Crippen molar-refractivity contribution in [2.45, 2.75) is 18.4 Å². The summed E-state index contributed by atoms with van der Waals surface area (Å²) < 4.78 is 0. The van der Waals surface area contributed by atoms with Gasteiger partial charge in [-0.25, -0.2) is 4.98 Å². The Morgan fingerprint density at radius 2 is 1.94 bits per heavy atom. The number of hydrogen-bond donors (Lipinski definition) is 0. The van der Waals surface area contributed by atoms with Gasteiger partial charge in [0.1, 0.15) is 5.03 Å². The molecule has 3 heteroatoms. The number of aromatic nitrogens is 1. The predicted octanol–water partition coefficient (Wildman–Crippen LogP) is 3.81. The van der Waals surface area contributed by atoms with Crippen molar-refractivity contribution >= 4 is 17.5 Å². The van der Waals surface area contributed by atoms with E-state index in [9.17, 15) is 4.79 Å². The Bertz CT molecular complexity index is 525. The van der Waals surface area contributed by atoms with Crippen LogP contribution in [0, 0.1) is 0 Å². The van der Waals surface area contributed by atoms with Gasteiger partial charge in [-0.2, -0.15) is 0 Å². The molecule has 2 rings (SSSR count). The first-order chi connectivity index (χ1) is 8.83. The number of hydrogen-bond acceptors (Lipinski definition) is 3. The Labute approximate surface area is 111 Å². The summed E-state index contributed by atoms with van der Waals surface area (Å²) in [5.41, 5.74) is 1.41. The lowest BCUT2D eigenvalue weighted by Gasteiger charge is -2.06. The highest BCUT2D eigenvalue weighted by molar-refractivity contribution is 7.99. The van der Waals surface area contributed by atoms with E-state index in [4.69, 9.17) is 0 Å². The summed E-state index contributed by atoms with van der Waals surface area (Å²) in [5.74, 6) is 1.02. The molecular formula is C15H15NOS. The summed E-state index contributed by atoms with van der Waals surface area (Å²) in [6.07, 6.45) is 2.81. The third-order valence-corrected chi connectivity index (χ3v) is 3.71. The van der Waals surface area contributed by atoms with Gasteiger partial charge in [0.15, 0.2) is 5.78 Å². The van der Waals surface area contributed by atoms with E-state index in [1.807, 2.05) is 42.5 Å². The van der Waals surface area contributed by atoms with Crippen LogP contribution in [0.2, 0.25) is 0 Å². The Morgan fingerprint density at radius 3 is 2.67 bits per heavy atom. The van der Waals surface area contributed by atoms with Gasteiger partial charge in [-0.1, -0.05) is 37.3 Å². The SMILES string of the molecule is CCCSc1ncccc1C(=O)c1ccccc1. The minimum absolute atomic E-state index is 0.0438. The van der Waals surface area contributed by atoms with Crippen LogP contribution in [0.25, 0.3) is 0 Å². The van der Waals surface area contributed by atoms with E-state index in [2.05, 4.69) is 11.9 Å². The highest BCUT2D eigenvalue weighted by atomic mass is 32.2. The van der Waals surface area contributed by atoms with Gasteiger partial charge in [0.05, 0.1) is 5.56 Å². The van der Waals surface area contributed by atoms with Gasteiger partial charge in [-0.05, 0) is 24.3 Å². The smallest absolute Gasteiger partial charge is 0.195 e. The van der Waals surface area contributed by atoms with Crippen molar-refractivity contribution < 1.29 is 4.79 Å². The van der Waals surface area contributed by atoms with Gasteiger partial charge in [0.2, 0.25) is 0 Å². The van der Waals surface area contributed by atoms with Crippen LogP contribution < -0.4 is 0 Å². The molecule has 92 valence electrons. The van der Waals surface area contributed by atoms with Gasteiger partial charge in [-0.3, -0.25) is 4.79 Å². The van der Waals surface area contributed by atoms with E-state index in [1.54, 1.807) is 18.0 Å². The quantitative estimate of drug-likeness (QED) is 0.602. The van der Waals surface area contributed by atoms with Crippen molar-refractivity contribution in [3.05, 3.63) is 59.8 Å². The van der Waals surface area contributed by atoms with E-state index in [-0.39, 0.29) is 5.78 Å². The molecule has 0 unspecified atom stereocenters. The van der Waals surface area contributed by atoms with E-state index in [0.29, 0.717) is 11.1 Å². The molecule has 18 heavy (non-hydrogen) atoms. The summed E-state index contributed by atoms with van der Waals surface area (Å²) in [6.45, 7) is 2.12. The van der Waals surface area contributed by atoms with Crippen molar-refractivity contribution in [3.8, 4) is 0 Å². The van der Waals surface area contributed by atoms with Crippen molar-refractivity contribution in [3.63, 3.8) is 0 Å². The minimum atomic E-state index is 0.0438. The van der Waals surface area contributed by atoms with E-state index in [0.717, 1.165) is 17.2 Å². The third-order valence-electron chi connectivity index (χ3n) is 2.49. The first-order valence-electron chi connectivity index (χ1n) is 6.00. The molecule has 0 bridgehead atoms. The molecule has 0 radical (unpaired) electrons. The van der Waals surface area contributed by atoms with Gasteiger partial charge in [0.25, 0.3) is 0 Å². The number of ketones is 1. The molecule has 2 aromatic rings. The predicted molar refractivity (Wildman–Crippen MR) is 75.1 cm³/mol. The zero-order chi connectivity index (χ0) is 12.8. The average molecular weight is 257 g/mol. The second-order valence-electron chi connectivity index (χ2n) is 3.90. The summed E-state index contributed by atoms with van der Waals surface area (Å²) in [4.78, 5) is 16.7. The maximum Gasteiger partial charge on any atom is 0.195 e. The summed E-state index contributed by atoms with van der Waals surface area (Å²) >= 11 is 1.64. The highest BCUT2D eigenvalue weighted by Gasteiger charge is 2.13. The first kappa shape index (κ1) is 12.8. The normalized spacial score (nSPS) is 10.3. The third kappa shape index (κ3) is 2.99. The fourth-order valence-electron chi connectivity index (χ4n) is 1.62. The van der Waals surface area contributed by atoms with Crippen LogP contribution in [-0.2, 0) is 0 Å². The van der Waals surface area contributed by atoms with Crippen molar-refractivity contribution in [1.82, 2.24) is 4.98 Å². The molecule has 0 spiro atoms. The number of carbonyl (C=O) groups is 1. The molecule has 0 fully saturated rings. The molecule has 0 aliphatic rings. The van der Waals surface area contributed by atoms with Gasteiger partial charge < -0.3 is 0 Å². The maximum atomic E-state index is 12.4. The molecule has 0 saturated heterocycles. The molecule has 1 aromatic heterocycles. The van der Waals surface area contributed by atoms with Crippen LogP contribution in [0.1, 0.15) is 29.3 Å². The van der Waals surface area contributed by atoms with Crippen LogP contribution in [0.4, 0.5) is 0 Å². The lowest BCUT2D eigenvalue weighted by atomic mass is 10.1. The van der Waals surface area contributed by atoms with Gasteiger partial charge >= 0.3 is 0 Å². The lowest BCUT2D eigenvalue weighted by Crippen LogP contribution is -2.04. The summed E-state index contributed by atoms with van der Waals surface area (Å²) in [7, 11) is 0. The number of nitrogens with zero attached hydrogens (tertiary/aromatic N) is 1. The molecule has 0 amide bonds. The largest absolute Gasteiger partial charge is 0.289 e. The van der Waals surface area contributed by atoms with Crippen LogP contribution >= 0.6 is 11.8 Å². The van der Waals surface area contributed by atoms with Crippen LogP contribution in [0.15, 0.2) is 53.7 Å². The van der Waals surface area contributed by atoms with E-state index in [1.165, 1.54) is 0 Å². The fourth-order valence-corrected chi connectivity index (χ4v) is 2.47. The Balaban J connectivity index is 2.30. The molecular weight excluding hydrogens is 242 g/mol. The first-order valence-corrected chi connectivity index (χ1v) is 6.99. The second kappa shape index (κ2) is 6.36. The number of pyridine rings is 1. The molecule has 0 aliphatic carbocycles. The van der Waals surface area contributed by atoms with Crippen molar-refractivity contribution in [2.75, 3.05) is 5.75 Å². The Morgan fingerprint density at radius 1 is 1.17 bits per heavy atom. The molecule has 0 saturated carbocycles. The number of rotatable bonds is 5. The number of benzene rings is 1. The number of carbonyl (C=O) groups excluding carboxylic acids is 1. The van der Waals surface area contributed by atoms with E-state index >= 15 is 0 Å². The van der Waals surface area contributed by atoms with Crippen LogP contribution in [0.3, 0.4) is 0 Å². The molecule has 1 aromatic carbocycles. The zero-order valence-electron chi connectivity index (χ0n) is 10.3. The molecule has 0 N–H and O–H groups in total. The Hall–Kier alpha value is -1.61. The summed E-state index contributed by atoms with van der Waals surface area (Å²) in [6, 6.07) is 13.0. The molecule has 2 nitrogen and oxygen atoms in total. The van der Waals surface area contributed by atoms with Crippen molar-refractivity contribution in [2.24, 2.45) is 0 Å².